The Balaban J connectivity index is 1.87. The number of fused-ring (bicyclic) bond motifs is 1. The second-order valence-electron chi connectivity index (χ2n) is 6.18. The van der Waals surface area contributed by atoms with Gasteiger partial charge in [-0.15, -0.1) is 0 Å². The van der Waals surface area contributed by atoms with Crippen molar-refractivity contribution in [2.24, 2.45) is 0 Å². The molecule has 4 nitrogen and oxygen atoms in total. The molecule has 0 aliphatic carbocycles. The van der Waals surface area contributed by atoms with Crippen LogP contribution in [0.1, 0.15) is 12.0 Å². The monoisotopic (exact) mass is 375 g/mol. The maximum atomic E-state index is 13.8. The van der Waals surface area contributed by atoms with Crippen LogP contribution < -0.4 is 10.2 Å². The van der Waals surface area contributed by atoms with Gasteiger partial charge in [0.15, 0.2) is 4.90 Å². The molecule has 0 amide bonds. The fourth-order valence-electron chi connectivity index (χ4n) is 3.39. The highest BCUT2D eigenvalue weighted by Crippen LogP contribution is 2.38. The number of nitrogens with zero attached hydrogens (tertiary/aromatic N) is 2. The Labute approximate surface area is 153 Å². The van der Waals surface area contributed by atoms with Gasteiger partial charge in [0.05, 0.1) is 11.8 Å². The molecule has 0 spiro atoms. The van der Waals surface area contributed by atoms with Crippen LogP contribution in [0.15, 0.2) is 59.6 Å². The van der Waals surface area contributed by atoms with Crippen molar-refractivity contribution in [1.29, 1.82) is 0 Å². The Hall–Kier alpha value is -2.09. The minimum atomic E-state index is -2.63. The Morgan fingerprint density at radius 1 is 1.00 bits per heavy atom. The fourth-order valence-corrected chi connectivity index (χ4v) is 4.55. The van der Waals surface area contributed by atoms with Gasteiger partial charge in [-0.3, -0.25) is 0 Å². The van der Waals surface area contributed by atoms with E-state index in [2.05, 4.69) is 10.2 Å². The van der Waals surface area contributed by atoms with Crippen molar-refractivity contribution in [2.45, 2.75) is 11.3 Å². The van der Waals surface area contributed by atoms with E-state index in [4.69, 9.17) is 0 Å². The second kappa shape index (κ2) is 7.26. The van der Waals surface area contributed by atoms with Crippen molar-refractivity contribution in [3.05, 3.63) is 60.3 Å². The van der Waals surface area contributed by atoms with Crippen LogP contribution >= 0.6 is 0 Å². The van der Waals surface area contributed by atoms with Crippen molar-refractivity contribution in [3.63, 3.8) is 0 Å². The quantitative estimate of drug-likeness (QED) is 0.709. The lowest BCUT2D eigenvalue weighted by atomic mass is 10.1. The molecule has 2 aromatic carbocycles. The Morgan fingerprint density at radius 2 is 1.73 bits per heavy atom. The maximum absolute atomic E-state index is 13.8. The first-order chi connectivity index (χ1) is 12.7. The summed E-state index contributed by atoms with van der Waals surface area (Å²) in [5, 5.41) is 3.77. The van der Waals surface area contributed by atoms with Crippen LogP contribution in [0.3, 0.4) is 0 Å². The molecule has 1 atom stereocenters. The van der Waals surface area contributed by atoms with E-state index >= 15 is 0 Å². The van der Waals surface area contributed by atoms with Crippen molar-refractivity contribution in [1.82, 2.24) is 9.29 Å². The number of hydrogen-bond donors (Lipinski definition) is 1. The molecule has 1 aliphatic heterocycles. The first-order valence-electron chi connectivity index (χ1n) is 8.52. The van der Waals surface area contributed by atoms with Gasteiger partial charge >= 0.3 is 0 Å². The van der Waals surface area contributed by atoms with Crippen LogP contribution in [0.25, 0.3) is 10.9 Å². The smallest absolute Gasteiger partial charge is 0.266 e. The largest absolute Gasteiger partial charge is 0.587 e. The SMILES string of the molecule is [O-][S+](c1ccccc1)n1cc(C(F)F)c2c(N3CCNCC3)cccc21. The third-order valence-corrected chi connectivity index (χ3v) is 5.95. The Morgan fingerprint density at radius 3 is 2.42 bits per heavy atom. The normalized spacial score (nSPS) is 16.4. The molecule has 1 aliphatic rings. The molecule has 26 heavy (non-hydrogen) atoms. The first kappa shape index (κ1) is 17.3. The van der Waals surface area contributed by atoms with E-state index in [-0.39, 0.29) is 5.56 Å². The van der Waals surface area contributed by atoms with Gasteiger partial charge in [-0.25, -0.2) is 8.78 Å². The molecule has 1 aromatic heterocycles. The van der Waals surface area contributed by atoms with E-state index in [0.717, 1.165) is 31.9 Å². The maximum Gasteiger partial charge on any atom is 0.266 e. The van der Waals surface area contributed by atoms with Crippen LogP contribution in [0.5, 0.6) is 0 Å². The number of piperazine rings is 1. The van der Waals surface area contributed by atoms with Gasteiger partial charge in [-0.1, -0.05) is 24.3 Å². The topological polar surface area (TPSA) is 43.3 Å². The van der Waals surface area contributed by atoms with Gasteiger partial charge in [0, 0.05) is 37.3 Å². The number of anilines is 1. The highest BCUT2D eigenvalue weighted by atomic mass is 32.2. The molecular weight excluding hydrogens is 356 g/mol. The predicted octanol–water partition coefficient (Wildman–Crippen LogP) is 3.56. The molecule has 136 valence electrons. The summed E-state index contributed by atoms with van der Waals surface area (Å²) >= 11 is -1.58. The van der Waals surface area contributed by atoms with Gasteiger partial charge < -0.3 is 14.8 Å². The lowest BCUT2D eigenvalue weighted by molar-refractivity contribution is 0.153. The zero-order chi connectivity index (χ0) is 18.1. The minimum absolute atomic E-state index is 0.0709. The van der Waals surface area contributed by atoms with E-state index < -0.39 is 17.8 Å². The molecule has 1 fully saturated rings. The molecule has 4 rings (SSSR count). The molecule has 0 saturated carbocycles. The number of hydrogen-bond acceptors (Lipinski definition) is 3. The van der Waals surface area contributed by atoms with Crippen LogP contribution in [-0.4, -0.2) is 34.7 Å². The third-order valence-electron chi connectivity index (χ3n) is 4.62. The van der Waals surface area contributed by atoms with Crippen molar-refractivity contribution in [3.8, 4) is 0 Å². The second-order valence-corrected chi connectivity index (χ2v) is 7.54. The summed E-state index contributed by atoms with van der Waals surface area (Å²) in [6.45, 7) is 3.15. The van der Waals surface area contributed by atoms with E-state index in [0.29, 0.717) is 15.8 Å². The van der Waals surface area contributed by atoms with Crippen LogP contribution in [-0.2, 0) is 11.4 Å². The molecular formula is C19H19F2N3OS. The highest BCUT2D eigenvalue weighted by molar-refractivity contribution is 7.90. The van der Waals surface area contributed by atoms with Crippen LogP contribution in [0.4, 0.5) is 14.5 Å². The fraction of sp³-hybridized carbons (Fsp3) is 0.263. The zero-order valence-corrected chi connectivity index (χ0v) is 14.9. The summed E-state index contributed by atoms with van der Waals surface area (Å²) in [4.78, 5) is 2.69. The Bertz CT molecular complexity index is 894. The molecule has 2 heterocycles. The Kier molecular flexibility index (Phi) is 4.84. The summed E-state index contributed by atoms with van der Waals surface area (Å²) < 4.78 is 42.0. The average molecular weight is 375 g/mol. The van der Waals surface area contributed by atoms with Gasteiger partial charge in [0.2, 0.25) is 0 Å². The lowest BCUT2D eigenvalue weighted by Gasteiger charge is -2.30. The highest BCUT2D eigenvalue weighted by Gasteiger charge is 2.27. The summed E-state index contributed by atoms with van der Waals surface area (Å²) in [7, 11) is 0. The number of halogens is 2. The molecule has 1 saturated heterocycles. The molecule has 1 N–H and O–H groups in total. The van der Waals surface area contributed by atoms with Gasteiger partial charge in [-0.05, 0) is 24.3 Å². The molecule has 7 heteroatoms. The molecule has 0 radical (unpaired) electrons. The number of rotatable bonds is 4. The zero-order valence-electron chi connectivity index (χ0n) is 14.1. The van der Waals surface area contributed by atoms with Crippen LogP contribution in [0, 0.1) is 0 Å². The first-order valence-corrected chi connectivity index (χ1v) is 9.62. The number of alkyl halides is 2. The minimum Gasteiger partial charge on any atom is -0.587 e. The average Bonchev–Trinajstić information content (AvgIpc) is 3.09. The van der Waals surface area contributed by atoms with Gasteiger partial charge in [-0.2, -0.15) is 3.97 Å². The van der Waals surface area contributed by atoms with E-state index in [9.17, 15) is 13.3 Å². The van der Waals surface area contributed by atoms with Crippen molar-refractivity contribution in [2.75, 3.05) is 31.1 Å². The number of benzene rings is 2. The van der Waals surface area contributed by atoms with Crippen molar-refractivity contribution < 1.29 is 13.3 Å². The van der Waals surface area contributed by atoms with E-state index in [1.165, 1.54) is 10.2 Å². The van der Waals surface area contributed by atoms with E-state index in [1.807, 2.05) is 18.2 Å². The van der Waals surface area contributed by atoms with Gasteiger partial charge in [0.25, 0.3) is 6.43 Å². The summed E-state index contributed by atoms with van der Waals surface area (Å²) in [5.41, 5.74) is 1.28. The molecule has 1 unspecified atom stereocenters. The molecule has 3 aromatic rings. The standard InChI is InChI=1S/C19H19F2N3OS/c20-19(21)15-13-24(26(25)14-5-2-1-3-6-14)17-8-4-7-16(18(15)17)23-11-9-22-10-12-23/h1-8,13,19,22H,9-12H2. The van der Waals surface area contributed by atoms with Crippen LogP contribution in [0.2, 0.25) is 0 Å². The summed E-state index contributed by atoms with van der Waals surface area (Å²) in [6, 6.07) is 14.4. The van der Waals surface area contributed by atoms with Gasteiger partial charge in [0.1, 0.15) is 16.9 Å². The van der Waals surface area contributed by atoms with E-state index in [1.54, 1.807) is 30.3 Å². The summed E-state index contributed by atoms with van der Waals surface area (Å²) in [5.74, 6) is 0. The number of nitrogens with one attached hydrogen (secondary N) is 1. The van der Waals surface area contributed by atoms with Crippen molar-refractivity contribution >= 4 is 28.0 Å². The molecule has 0 bridgehead atoms. The predicted molar refractivity (Wildman–Crippen MR) is 100 cm³/mol. The summed E-state index contributed by atoms with van der Waals surface area (Å²) in [6.07, 6.45) is -1.29. The lowest BCUT2D eigenvalue weighted by Crippen LogP contribution is -2.43. The number of aromatic nitrogens is 1. The third kappa shape index (κ3) is 3.06.